The fraction of sp³-hybridized carbons (Fsp3) is 0.333. The lowest BCUT2D eigenvalue weighted by molar-refractivity contribution is 0.101. The lowest BCUT2D eigenvalue weighted by Gasteiger charge is -2.20. The summed E-state index contributed by atoms with van der Waals surface area (Å²) in [6, 6.07) is 11.3. The van der Waals surface area contributed by atoms with Crippen molar-refractivity contribution in [3.05, 3.63) is 80.3 Å². The van der Waals surface area contributed by atoms with Gasteiger partial charge in [-0.2, -0.15) is 29.9 Å². The van der Waals surface area contributed by atoms with E-state index in [1.54, 1.807) is 22.9 Å². The average Bonchev–Trinajstić information content (AvgIpc) is 3.97. The van der Waals surface area contributed by atoms with Crippen LogP contribution in [0.25, 0.3) is 0 Å². The number of aryl methyl sites for hydroxylation is 2. The van der Waals surface area contributed by atoms with Crippen LogP contribution >= 0.6 is 34.3 Å². The molecule has 0 saturated carbocycles. The Morgan fingerprint density at radius 1 is 0.677 bits per heavy atom. The van der Waals surface area contributed by atoms with Crippen molar-refractivity contribution in [2.75, 3.05) is 70.8 Å². The van der Waals surface area contributed by atoms with Gasteiger partial charge in [0.1, 0.15) is 29.5 Å². The molecule has 2 amide bonds. The number of carbonyl (C=O) groups excluding carboxylic acids is 2. The van der Waals surface area contributed by atoms with Gasteiger partial charge in [0.25, 0.3) is 22.2 Å². The normalized spacial score (nSPS) is 10.8. The molecule has 6 rings (SSSR count). The van der Waals surface area contributed by atoms with Gasteiger partial charge in [-0.3, -0.25) is 9.59 Å². The van der Waals surface area contributed by atoms with Crippen molar-refractivity contribution in [1.29, 1.82) is 0 Å². The first kappa shape index (κ1) is 49.4. The van der Waals surface area contributed by atoms with E-state index in [1.807, 2.05) is 32.0 Å². The van der Waals surface area contributed by atoms with Gasteiger partial charge in [-0.15, -0.1) is 0 Å². The van der Waals surface area contributed by atoms with Crippen LogP contribution in [-0.4, -0.2) is 107 Å². The Bertz CT molecular complexity index is 2540. The van der Waals surface area contributed by atoms with Crippen molar-refractivity contribution in [1.82, 2.24) is 29.9 Å². The lowest BCUT2D eigenvalue weighted by Crippen LogP contribution is -2.16. The minimum atomic E-state index is -0.523. The molecule has 2 aromatic carbocycles. The number of carbonyl (C=O) groups is 2. The number of rotatable bonds is 18. The van der Waals surface area contributed by atoms with Crippen LogP contribution in [-0.2, 0) is 5.41 Å². The fourth-order valence-electron chi connectivity index (χ4n) is 5.30. The number of ether oxygens (including phenoxy) is 7. The molecule has 23 heteroatoms. The minimum absolute atomic E-state index is 0.00223. The zero-order chi connectivity index (χ0) is 47.3. The molecule has 0 unspecified atom stereocenters. The van der Waals surface area contributed by atoms with Crippen LogP contribution in [0.4, 0.5) is 17.3 Å². The zero-order valence-electron chi connectivity index (χ0n) is 36.9. The number of halogens is 1. The summed E-state index contributed by atoms with van der Waals surface area (Å²) in [6.45, 7) is 10.2. The van der Waals surface area contributed by atoms with Crippen LogP contribution < -0.4 is 49.1 Å². The molecular weight excluding hydrogens is 906 g/mol. The summed E-state index contributed by atoms with van der Waals surface area (Å²) >= 11 is 8.38. The smallest absolute Gasteiger partial charge is 0.323 e. The third-order valence-electron chi connectivity index (χ3n) is 8.66. The van der Waals surface area contributed by atoms with Crippen LogP contribution in [0.5, 0.6) is 51.4 Å². The number of nitrogens with one attached hydrogen (secondary N) is 3. The topological polar surface area (TPSA) is 253 Å². The number of aromatic nitrogens is 6. The maximum absolute atomic E-state index is 12.9. The molecule has 6 aromatic rings. The maximum Gasteiger partial charge on any atom is 0.323 e. The first-order chi connectivity index (χ1) is 31.1. The standard InChI is InChI=1S/C23H28N4O6S.C19H20ClN5O5S/c1-13-7-8-14(23(2,3)4)11-16(13)33-22-24-15(12-34-22)18(29)25-17-19(30-5)26-21(32-10-9-28)27-20(17)31-6;1-10-4-5-11(20)8-13(10)30-19-22-12(9-31-19)15(27)23-14-16(28-2)24-18(21-6-7-26)25-17(14)29-3/h7-8,11-12,28H,9-10H2,1-6H3,(H,25,29);4-5,8-9,26H,6-7H2,1-3H3,(H,23,27)(H,21,24,25). The Hall–Kier alpha value is -6.59. The molecule has 0 bridgehead atoms. The minimum Gasteiger partial charge on any atom is -0.479 e. The summed E-state index contributed by atoms with van der Waals surface area (Å²) in [5.41, 5.74) is 3.49. The molecule has 65 heavy (non-hydrogen) atoms. The number of amides is 2. The first-order valence-corrected chi connectivity index (χ1v) is 21.6. The molecule has 0 fully saturated rings. The molecule has 5 N–H and O–H groups in total. The Labute approximate surface area is 387 Å². The van der Waals surface area contributed by atoms with Crippen LogP contribution in [0.15, 0.2) is 47.2 Å². The number of aliphatic hydroxyl groups excluding tert-OH is 2. The van der Waals surface area contributed by atoms with E-state index < -0.39 is 11.8 Å². The number of benzene rings is 2. The van der Waals surface area contributed by atoms with Gasteiger partial charge in [-0.05, 0) is 54.2 Å². The van der Waals surface area contributed by atoms with Gasteiger partial charge in [0.05, 0.1) is 41.7 Å². The Balaban J connectivity index is 0.000000245. The monoisotopic (exact) mass is 953 g/mol. The van der Waals surface area contributed by atoms with Crippen molar-refractivity contribution in [3.63, 3.8) is 0 Å². The molecular formula is C42H48ClN9O11S2. The summed E-state index contributed by atoms with van der Waals surface area (Å²) in [5.74, 6) is 0.621. The molecule has 346 valence electrons. The summed E-state index contributed by atoms with van der Waals surface area (Å²) < 4.78 is 38.0. The van der Waals surface area contributed by atoms with E-state index in [2.05, 4.69) is 72.7 Å². The number of hydrogen-bond acceptors (Lipinski definition) is 20. The van der Waals surface area contributed by atoms with Crippen molar-refractivity contribution in [2.45, 2.75) is 40.0 Å². The number of nitrogens with zero attached hydrogens (tertiary/aromatic N) is 6. The number of thiazole rings is 2. The van der Waals surface area contributed by atoms with Gasteiger partial charge >= 0.3 is 6.01 Å². The predicted octanol–water partition coefficient (Wildman–Crippen LogP) is 7.33. The largest absolute Gasteiger partial charge is 0.479 e. The third-order valence-corrected chi connectivity index (χ3v) is 10.3. The van der Waals surface area contributed by atoms with Gasteiger partial charge in [0.2, 0.25) is 29.5 Å². The lowest BCUT2D eigenvalue weighted by atomic mass is 9.86. The van der Waals surface area contributed by atoms with Crippen LogP contribution in [0.1, 0.15) is 58.4 Å². The predicted molar refractivity (Wildman–Crippen MR) is 245 cm³/mol. The SMILES string of the molecule is COc1nc(NCCO)nc(OC)c1NC(=O)c1csc(Oc2cc(Cl)ccc2C)n1.COc1nc(OCCO)nc(OC)c1NC(=O)c1csc(Oc2cc(C(C)(C)C)ccc2C)n1. The summed E-state index contributed by atoms with van der Waals surface area (Å²) in [6.07, 6.45) is 0. The van der Waals surface area contributed by atoms with E-state index in [0.29, 0.717) is 21.7 Å². The van der Waals surface area contributed by atoms with Crippen molar-refractivity contribution < 1.29 is 53.0 Å². The van der Waals surface area contributed by atoms with Crippen molar-refractivity contribution in [2.24, 2.45) is 0 Å². The fourth-order valence-corrected chi connectivity index (χ4v) is 6.78. The van der Waals surface area contributed by atoms with Gasteiger partial charge in [-0.25, -0.2) is 0 Å². The number of hydrogen-bond donors (Lipinski definition) is 5. The van der Waals surface area contributed by atoms with E-state index in [-0.39, 0.29) is 95.2 Å². The Morgan fingerprint density at radius 3 is 1.62 bits per heavy atom. The van der Waals surface area contributed by atoms with Crippen molar-refractivity contribution >= 4 is 63.4 Å². The molecule has 0 aliphatic rings. The summed E-state index contributed by atoms with van der Waals surface area (Å²) in [7, 11) is 5.57. The molecule has 4 aromatic heterocycles. The van der Waals surface area contributed by atoms with Crippen LogP contribution in [0.2, 0.25) is 5.02 Å². The highest BCUT2D eigenvalue weighted by Gasteiger charge is 2.24. The van der Waals surface area contributed by atoms with Gasteiger partial charge in [0.15, 0.2) is 11.4 Å². The van der Waals surface area contributed by atoms with Gasteiger partial charge in [0, 0.05) is 22.3 Å². The van der Waals surface area contributed by atoms with E-state index in [9.17, 15) is 9.59 Å². The van der Waals surface area contributed by atoms with Crippen molar-refractivity contribution in [3.8, 4) is 51.4 Å². The third kappa shape index (κ3) is 13.2. The Morgan fingerprint density at radius 2 is 1.15 bits per heavy atom. The zero-order valence-corrected chi connectivity index (χ0v) is 39.3. The highest BCUT2D eigenvalue weighted by Crippen LogP contribution is 2.37. The number of anilines is 3. The quantitative estimate of drug-likeness (QED) is 0.0565. The molecule has 0 radical (unpaired) electrons. The van der Waals surface area contributed by atoms with E-state index >= 15 is 0 Å². The molecule has 0 aliphatic carbocycles. The highest BCUT2D eigenvalue weighted by atomic mass is 35.5. The van der Waals surface area contributed by atoms with Crippen LogP contribution in [0, 0.1) is 13.8 Å². The second-order valence-corrected chi connectivity index (χ2v) is 16.4. The Kier molecular flexibility index (Phi) is 17.4. The average molecular weight is 954 g/mol. The van der Waals surface area contributed by atoms with E-state index in [0.717, 1.165) is 28.0 Å². The molecule has 4 heterocycles. The van der Waals surface area contributed by atoms with E-state index in [4.69, 9.17) is 55.0 Å². The summed E-state index contributed by atoms with van der Waals surface area (Å²) in [5, 5.41) is 30.3. The molecule has 20 nitrogen and oxygen atoms in total. The summed E-state index contributed by atoms with van der Waals surface area (Å²) in [4.78, 5) is 50.6. The first-order valence-electron chi connectivity index (χ1n) is 19.5. The highest BCUT2D eigenvalue weighted by molar-refractivity contribution is 7.12. The molecule has 0 atom stereocenters. The molecule has 0 spiro atoms. The molecule has 0 aliphatic heterocycles. The number of methoxy groups -OCH3 is 4. The second-order valence-electron chi connectivity index (χ2n) is 14.3. The maximum atomic E-state index is 12.9. The van der Waals surface area contributed by atoms with Gasteiger partial charge in [-0.1, -0.05) is 73.2 Å². The van der Waals surface area contributed by atoms with Crippen LogP contribution in [0.3, 0.4) is 0 Å². The second kappa shape index (κ2) is 22.9. The van der Waals surface area contributed by atoms with Gasteiger partial charge < -0.3 is 59.3 Å². The molecule has 0 saturated heterocycles. The van der Waals surface area contributed by atoms with E-state index in [1.165, 1.54) is 39.8 Å². The number of aliphatic hydroxyl groups is 2.